The normalized spacial score (nSPS) is 17.8. The molecule has 1 saturated heterocycles. The van der Waals surface area contributed by atoms with Crippen LogP contribution in [0.4, 0.5) is 0 Å². The molecule has 1 aliphatic heterocycles. The van der Waals surface area contributed by atoms with Gasteiger partial charge in [-0.25, -0.2) is 4.79 Å². The van der Waals surface area contributed by atoms with Crippen molar-refractivity contribution in [1.29, 1.82) is 0 Å². The average Bonchev–Trinajstić information content (AvgIpc) is 3.23. The third-order valence-corrected chi connectivity index (χ3v) is 5.48. The quantitative estimate of drug-likeness (QED) is 0.0748. The van der Waals surface area contributed by atoms with Crippen LogP contribution in [0.2, 0.25) is 0 Å². The lowest BCUT2D eigenvalue weighted by molar-refractivity contribution is -0.149. The average molecular weight is 499 g/mol. The molecule has 1 rings (SSSR count). The largest absolute Gasteiger partial charge is 0.480 e. The van der Waals surface area contributed by atoms with E-state index in [0.29, 0.717) is 19.3 Å². The van der Waals surface area contributed by atoms with Crippen LogP contribution < -0.4 is 33.6 Å². The molecule has 1 fully saturated rings. The summed E-state index contributed by atoms with van der Waals surface area (Å²) in [4.78, 5) is 66.7. The van der Waals surface area contributed by atoms with Crippen molar-refractivity contribution >= 4 is 35.6 Å². The van der Waals surface area contributed by atoms with Gasteiger partial charge < -0.3 is 43.6 Å². The molecule has 0 aromatic carbocycles. The first-order chi connectivity index (χ1) is 16.3. The smallest absolute Gasteiger partial charge is 0.326 e. The van der Waals surface area contributed by atoms with E-state index in [0.717, 1.165) is 4.90 Å². The number of carboxylic acids is 1. The fourth-order valence-corrected chi connectivity index (χ4v) is 3.83. The van der Waals surface area contributed by atoms with Crippen LogP contribution >= 0.6 is 0 Å². The van der Waals surface area contributed by atoms with E-state index in [-0.39, 0.29) is 37.8 Å². The van der Waals surface area contributed by atoms with E-state index in [4.69, 9.17) is 22.9 Å². The van der Waals surface area contributed by atoms with E-state index >= 15 is 0 Å². The zero-order valence-corrected chi connectivity index (χ0v) is 20.2. The molecule has 14 heteroatoms. The third-order valence-electron chi connectivity index (χ3n) is 5.48. The van der Waals surface area contributed by atoms with E-state index in [9.17, 15) is 29.1 Å². The molecule has 14 nitrogen and oxygen atoms in total. The number of nitrogens with zero attached hydrogens (tertiary/aromatic N) is 2. The Bertz CT molecular complexity index is 814. The van der Waals surface area contributed by atoms with Gasteiger partial charge in [-0.1, -0.05) is 13.8 Å². The number of aliphatic carboxylic acids is 1. The van der Waals surface area contributed by atoms with Gasteiger partial charge in [0.15, 0.2) is 5.96 Å². The van der Waals surface area contributed by atoms with Gasteiger partial charge in [0, 0.05) is 13.1 Å². The summed E-state index contributed by atoms with van der Waals surface area (Å²) >= 11 is 0. The van der Waals surface area contributed by atoms with Gasteiger partial charge in [-0.3, -0.25) is 24.2 Å². The van der Waals surface area contributed by atoms with Gasteiger partial charge >= 0.3 is 5.97 Å². The molecule has 4 atom stereocenters. The summed E-state index contributed by atoms with van der Waals surface area (Å²) in [7, 11) is 0. The zero-order chi connectivity index (χ0) is 26.7. The number of guanidine groups is 1. The Hall–Kier alpha value is -3.42. The number of aliphatic imine (C=N–C) groups is 1. The van der Waals surface area contributed by atoms with Crippen molar-refractivity contribution in [2.24, 2.45) is 33.8 Å². The second-order valence-corrected chi connectivity index (χ2v) is 9.01. The highest BCUT2D eigenvalue weighted by Gasteiger charge is 2.39. The van der Waals surface area contributed by atoms with Crippen LogP contribution in [0.1, 0.15) is 52.4 Å². The molecule has 11 N–H and O–H groups in total. The third kappa shape index (κ3) is 10.2. The Morgan fingerprint density at radius 3 is 2.23 bits per heavy atom. The molecule has 198 valence electrons. The predicted molar refractivity (Wildman–Crippen MR) is 127 cm³/mol. The number of carbonyl (C=O) groups excluding carboxylic acids is 4. The molecular formula is C21H38N8O6. The number of likely N-dealkylation sites (tertiary alicyclic amines) is 1. The van der Waals surface area contributed by atoms with Crippen LogP contribution in [-0.4, -0.2) is 82.8 Å². The van der Waals surface area contributed by atoms with Crippen LogP contribution in [0, 0.1) is 5.92 Å². The maximum Gasteiger partial charge on any atom is 0.326 e. The molecule has 0 spiro atoms. The number of nitrogens with one attached hydrogen (secondary N) is 2. The minimum absolute atomic E-state index is 0.113. The Balaban J connectivity index is 3.03. The minimum atomic E-state index is -1.39. The van der Waals surface area contributed by atoms with Crippen LogP contribution in [0.25, 0.3) is 0 Å². The molecule has 0 radical (unpaired) electrons. The molecule has 35 heavy (non-hydrogen) atoms. The van der Waals surface area contributed by atoms with Gasteiger partial charge in [-0.05, 0) is 38.0 Å². The molecule has 0 aromatic rings. The van der Waals surface area contributed by atoms with Gasteiger partial charge in [0.2, 0.25) is 23.6 Å². The fraction of sp³-hybridized carbons (Fsp3) is 0.714. The van der Waals surface area contributed by atoms with Crippen LogP contribution in [0.5, 0.6) is 0 Å². The van der Waals surface area contributed by atoms with Crippen LogP contribution in [0.15, 0.2) is 4.99 Å². The van der Waals surface area contributed by atoms with Crippen molar-refractivity contribution in [1.82, 2.24) is 15.5 Å². The summed E-state index contributed by atoms with van der Waals surface area (Å²) < 4.78 is 0. The number of rotatable bonds is 14. The maximum absolute atomic E-state index is 13.1. The standard InChI is InChI=1S/C21H38N8O6/c1-11(2)9-12(22)17(31)27-13(5-3-7-26-21(24)25)18(32)28-14(10-16(23)30)19(33)29-8-4-6-15(29)20(34)35/h11-15H,3-10,22H2,1-2H3,(H2,23,30)(H,27,31)(H,28,32)(H,34,35)(H4,24,25,26). The van der Waals surface area contributed by atoms with E-state index in [1.165, 1.54) is 0 Å². The Kier molecular flexibility index (Phi) is 11.9. The summed E-state index contributed by atoms with van der Waals surface area (Å²) in [5.41, 5.74) is 21.8. The summed E-state index contributed by atoms with van der Waals surface area (Å²) in [6, 6.07) is -4.40. The first-order valence-electron chi connectivity index (χ1n) is 11.6. The van der Waals surface area contributed by atoms with E-state index in [2.05, 4.69) is 15.6 Å². The highest BCUT2D eigenvalue weighted by molar-refractivity contribution is 5.96. The molecule has 0 aliphatic carbocycles. The van der Waals surface area contributed by atoms with E-state index < -0.39 is 60.2 Å². The summed E-state index contributed by atoms with van der Waals surface area (Å²) in [6.45, 7) is 4.16. The zero-order valence-electron chi connectivity index (χ0n) is 20.2. The number of primary amides is 1. The van der Waals surface area contributed by atoms with E-state index in [1.54, 1.807) is 0 Å². The monoisotopic (exact) mass is 498 g/mol. The first kappa shape index (κ1) is 29.6. The van der Waals surface area contributed by atoms with Crippen LogP contribution in [0.3, 0.4) is 0 Å². The second-order valence-electron chi connectivity index (χ2n) is 9.01. The lowest BCUT2D eigenvalue weighted by Gasteiger charge is -2.28. The number of carbonyl (C=O) groups is 5. The topological polar surface area (TPSA) is 249 Å². The predicted octanol–water partition coefficient (Wildman–Crippen LogP) is -2.67. The van der Waals surface area contributed by atoms with Gasteiger partial charge in [0.25, 0.3) is 0 Å². The number of nitrogens with two attached hydrogens (primary N) is 4. The molecular weight excluding hydrogens is 460 g/mol. The van der Waals surface area contributed by atoms with Gasteiger partial charge in [0.1, 0.15) is 18.1 Å². The van der Waals surface area contributed by atoms with Crippen molar-refractivity contribution < 1.29 is 29.1 Å². The molecule has 4 unspecified atom stereocenters. The highest BCUT2D eigenvalue weighted by Crippen LogP contribution is 2.19. The Morgan fingerprint density at radius 1 is 1.06 bits per heavy atom. The van der Waals surface area contributed by atoms with Gasteiger partial charge in [-0.15, -0.1) is 0 Å². The Labute approximate surface area is 204 Å². The molecule has 1 heterocycles. The lowest BCUT2D eigenvalue weighted by atomic mass is 10.0. The number of hydrogen-bond acceptors (Lipinski definition) is 7. The minimum Gasteiger partial charge on any atom is -0.480 e. The lowest BCUT2D eigenvalue weighted by Crippen LogP contribution is -2.57. The number of carboxylic acid groups (broad SMARTS) is 1. The van der Waals surface area contributed by atoms with Crippen LogP contribution in [-0.2, 0) is 24.0 Å². The SMILES string of the molecule is CC(C)CC(N)C(=O)NC(CCCN=C(N)N)C(=O)NC(CC(N)=O)C(=O)N1CCCC1C(=O)O. The summed E-state index contributed by atoms with van der Waals surface area (Å²) in [5.74, 6) is -4.05. The van der Waals surface area contributed by atoms with Crippen molar-refractivity contribution in [3.8, 4) is 0 Å². The maximum atomic E-state index is 13.1. The first-order valence-corrected chi connectivity index (χ1v) is 11.6. The number of amides is 4. The van der Waals surface area contributed by atoms with Crippen molar-refractivity contribution in [3.63, 3.8) is 0 Å². The second kappa shape index (κ2) is 14.1. The number of hydrogen-bond donors (Lipinski definition) is 7. The Morgan fingerprint density at radius 2 is 1.69 bits per heavy atom. The van der Waals surface area contributed by atoms with E-state index in [1.807, 2.05) is 13.8 Å². The molecule has 4 amide bonds. The summed E-state index contributed by atoms with van der Waals surface area (Å²) in [5, 5.41) is 14.4. The van der Waals surface area contributed by atoms with Gasteiger partial charge in [-0.2, -0.15) is 0 Å². The van der Waals surface area contributed by atoms with Gasteiger partial charge in [0.05, 0.1) is 12.5 Å². The van der Waals surface area contributed by atoms with Crippen molar-refractivity contribution in [2.45, 2.75) is 76.5 Å². The van der Waals surface area contributed by atoms with Crippen molar-refractivity contribution in [3.05, 3.63) is 0 Å². The summed E-state index contributed by atoms with van der Waals surface area (Å²) in [6.07, 6.45) is 1.02. The molecule has 0 aromatic heterocycles. The highest BCUT2D eigenvalue weighted by atomic mass is 16.4. The molecule has 1 aliphatic rings. The molecule has 0 bridgehead atoms. The fourth-order valence-electron chi connectivity index (χ4n) is 3.83. The molecule has 0 saturated carbocycles. The van der Waals surface area contributed by atoms with Crippen molar-refractivity contribution in [2.75, 3.05) is 13.1 Å².